The quantitative estimate of drug-likeness (QED) is 0.475. The van der Waals surface area contributed by atoms with E-state index >= 15 is 0 Å². The molecule has 0 spiro atoms. The second-order valence-corrected chi connectivity index (χ2v) is 7.21. The smallest absolute Gasteiger partial charge is 0.305 e. The van der Waals surface area contributed by atoms with E-state index in [0.717, 1.165) is 26.2 Å². The summed E-state index contributed by atoms with van der Waals surface area (Å²) in [5.74, 6) is 0. The summed E-state index contributed by atoms with van der Waals surface area (Å²) in [6, 6.07) is 0. The molecule has 2 rings (SSSR count). The summed E-state index contributed by atoms with van der Waals surface area (Å²) in [6.07, 6.45) is 0.779. The molecular formula is C10H23N2O4P+2. The first kappa shape index (κ1) is 13.5. The van der Waals surface area contributed by atoms with Gasteiger partial charge in [0.2, 0.25) is 0 Å². The third kappa shape index (κ3) is 4.66. The molecule has 2 fully saturated rings. The summed E-state index contributed by atoms with van der Waals surface area (Å²) in [5.41, 5.74) is 0. The van der Waals surface area contributed by atoms with E-state index in [2.05, 4.69) is 0 Å². The van der Waals surface area contributed by atoms with Gasteiger partial charge in [-0.05, 0) is 0 Å². The number of rotatable bonds is 4. The van der Waals surface area contributed by atoms with Crippen molar-refractivity contribution in [3.8, 4) is 0 Å². The maximum Gasteiger partial charge on any atom is 0.305 e. The fraction of sp³-hybridized carbons (Fsp3) is 1.00. The Morgan fingerprint density at radius 2 is 1.24 bits per heavy atom. The lowest BCUT2D eigenvalue weighted by molar-refractivity contribution is -0.905. The van der Waals surface area contributed by atoms with Crippen molar-refractivity contribution in [3.63, 3.8) is 0 Å². The molecule has 0 bridgehead atoms. The average Bonchev–Trinajstić information content (AvgIpc) is 2.30. The van der Waals surface area contributed by atoms with E-state index in [1.54, 1.807) is 0 Å². The molecule has 2 aliphatic heterocycles. The summed E-state index contributed by atoms with van der Waals surface area (Å²) in [7, 11) is -3.01. The van der Waals surface area contributed by atoms with Gasteiger partial charge in [-0.3, -0.25) is 4.57 Å². The summed E-state index contributed by atoms with van der Waals surface area (Å²) in [5, 5.41) is 0. The van der Waals surface area contributed by atoms with E-state index < -0.39 is 7.37 Å². The zero-order chi connectivity index (χ0) is 12.1. The normalized spacial score (nSPS) is 25.0. The Morgan fingerprint density at radius 3 is 1.59 bits per heavy atom. The Kier molecular flexibility index (Phi) is 4.97. The predicted octanol–water partition coefficient (Wildman–Crippen LogP) is -3.00. The highest BCUT2D eigenvalue weighted by Crippen LogP contribution is 2.34. The van der Waals surface area contributed by atoms with E-state index in [9.17, 15) is 9.46 Å². The Labute approximate surface area is 102 Å². The van der Waals surface area contributed by atoms with Crippen LogP contribution in [0.3, 0.4) is 0 Å². The Morgan fingerprint density at radius 1 is 0.882 bits per heavy atom. The summed E-state index contributed by atoms with van der Waals surface area (Å²) < 4.78 is 22.7. The number of nitrogens with one attached hydrogen (secondary N) is 2. The van der Waals surface area contributed by atoms with Gasteiger partial charge in [-0.2, -0.15) is 0 Å². The Balaban J connectivity index is 1.78. The van der Waals surface area contributed by atoms with Crippen LogP contribution in [0.5, 0.6) is 0 Å². The van der Waals surface area contributed by atoms with Crippen LogP contribution in [0.1, 0.15) is 0 Å². The molecule has 0 unspecified atom stereocenters. The maximum atomic E-state index is 12.2. The third-order valence-corrected chi connectivity index (χ3v) is 5.22. The van der Waals surface area contributed by atoms with Crippen LogP contribution < -0.4 is 9.80 Å². The molecule has 0 amide bonds. The highest BCUT2D eigenvalue weighted by molar-refractivity contribution is 7.57. The molecule has 0 aromatic heterocycles. The van der Waals surface area contributed by atoms with Crippen molar-refractivity contribution in [2.45, 2.75) is 0 Å². The second-order valence-electron chi connectivity index (χ2n) is 4.89. The van der Waals surface area contributed by atoms with Crippen LogP contribution >= 0.6 is 7.37 Å². The zero-order valence-electron chi connectivity index (χ0n) is 10.2. The van der Waals surface area contributed by atoms with Crippen LogP contribution in [0, 0.1) is 0 Å². The first-order valence-electron chi connectivity index (χ1n) is 6.29. The van der Waals surface area contributed by atoms with Crippen LogP contribution in [0.2, 0.25) is 0 Å². The van der Waals surface area contributed by atoms with Gasteiger partial charge in [-0.15, -0.1) is 0 Å². The topological polar surface area (TPSA) is 64.6 Å². The fourth-order valence-corrected chi connectivity index (χ4v) is 4.53. The number of morpholine rings is 2. The molecule has 0 aromatic rings. The first-order valence-corrected chi connectivity index (χ1v) is 8.32. The summed E-state index contributed by atoms with van der Waals surface area (Å²) >= 11 is 0. The molecule has 100 valence electrons. The van der Waals surface area contributed by atoms with Crippen LogP contribution in [0.4, 0.5) is 0 Å². The van der Waals surface area contributed by atoms with Crippen molar-refractivity contribution in [1.82, 2.24) is 0 Å². The van der Waals surface area contributed by atoms with E-state index in [4.69, 9.17) is 9.47 Å². The van der Waals surface area contributed by atoms with Crippen molar-refractivity contribution in [3.05, 3.63) is 0 Å². The minimum atomic E-state index is -3.01. The van der Waals surface area contributed by atoms with Crippen LogP contribution in [-0.2, 0) is 14.0 Å². The van der Waals surface area contributed by atoms with Gasteiger partial charge in [0.25, 0.3) is 0 Å². The minimum Gasteiger partial charge on any atom is -0.370 e. The van der Waals surface area contributed by atoms with Crippen LogP contribution in [-0.4, -0.2) is 70.1 Å². The van der Waals surface area contributed by atoms with Crippen molar-refractivity contribution in [1.29, 1.82) is 0 Å². The van der Waals surface area contributed by atoms with Gasteiger partial charge in [-0.1, -0.05) is 0 Å². The zero-order valence-corrected chi connectivity index (χ0v) is 11.1. The van der Waals surface area contributed by atoms with Crippen LogP contribution in [0.15, 0.2) is 0 Å². The Bertz CT molecular complexity index is 253. The third-order valence-electron chi connectivity index (χ3n) is 3.34. The molecular weight excluding hydrogens is 243 g/mol. The average molecular weight is 266 g/mol. The molecule has 0 radical (unpaired) electrons. The summed E-state index contributed by atoms with van der Waals surface area (Å²) in [6.45, 7) is 6.23. The first-order chi connectivity index (χ1) is 8.16. The number of ether oxygens (including phenoxy) is 2. The second kappa shape index (κ2) is 6.27. The van der Waals surface area contributed by atoms with Gasteiger partial charge in [0.1, 0.15) is 26.2 Å². The monoisotopic (exact) mass is 266 g/mol. The highest BCUT2D eigenvalue weighted by atomic mass is 31.2. The molecule has 17 heavy (non-hydrogen) atoms. The minimum absolute atomic E-state index is 0.390. The van der Waals surface area contributed by atoms with E-state index in [1.165, 1.54) is 9.80 Å². The van der Waals surface area contributed by atoms with Gasteiger partial charge in [0.15, 0.2) is 12.6 Å². The molecule has 0 aromatic carbocycles. The molecule has 2 heterocycles. The van der Waals surface area contributed by atoms with Gasteiger partial charge in [-0.25, -0.2) is 0 Å². The van der Waals surface area contributed by atoms with Crippen molar-refractivity contribution in [2.75, 3.05) is 65.2 Å². The molecule has 3 N–H and O–H groups in total. The van der Waals surface area contributed by atoms with Crippen molar-refractivity contribution >= 4 is 7.37 Å². The summed E-state index contributed by atoms with van der Waals surface area (Å²) in [4.78, 5) is 12.5. The van der Waals surface area contributed by atoms with Gasteiger partial charge in [0.05, 0.1) is 26.4 Å². The van der Waals surface area contributed by atoms with E-state index in [1.807, 2.05) is 0 Å². The SMILES string of the molecule is O=P(O)(C[NH+]1CCOCC1)C[NH+]1CCOCC1. The molecule has 7 heteroatoms. The molecule has 0 atom stereocenters. The lowest BCUT2D eigenvalue weighted by Crippen LogP contribution is -3.16. The standard InChI is InChI=1S/C10H21N2O4P/c13-17(14,9-11-1-5-15-6-2-11)10-12-3-7-16-8-4-12/h1-10H2,(H,13,14)/p+2. The lowest BCUT2D eigenvalue weighted by atomic mass is 10.5. The number of quaternary nitrogens is 2. The van der Waals surface area contributed by atoms with Gasteiger partial charge < -0.3 is 24.2 Å². The molecule has 0 aliphatic carbocycles. The molecule has 0 saturated carbocycles. The maximum absolute atomic E-state index is 12.2. The van der Waals surface area contributed by atoms with Crippen molar-refractivity contribution in [2.24, 2.45) is 0 Å². The largest absolute Gasteiger partial charge is 0.370 e. The Hall–Kier alpha value is 0.0300. The predicted molar refractivity (Wildman–Crippen MR) is 62.6 cm³/mol. The van der Waals surface area contributed by atoms with Gasteiger partial charge >= 0.3 is 7.37 Å². The van der Waals surface area contributed by atoms with Gasteiger partial charge in [0, 0.05) is 0 Å². The van der Waals surface area contributed by atoms with E-state index in [0.29, 0.717) is 39.0 Å². The lowest BCUT2D eigenvalue weighted by Gasteiger charge is -2.28. The highest BCUT2D eigenvalue weighted by Gasteiger charge is 2.32. The van der Waals surface area contributed by atoms with E-state index in [-0.39, 0.29) is 0 Å². The number of hydrogen-bond acceptors (Lipinski definition) is 3. The molecule has 2 aliphatic rings. The fourth-order valence-electron chi connectivity index (χ4n) is 2.39. The molecule has 2 saturated heterocycles. The molecule has 6 nitrogen and oxygen atoms in total. The van der Waals surface area contributed by atoms with Crippen molar-refractivity contribution < 1.29 is 28.7 Å². The van der Waals surface area contributed by atoms with Crippen LogP contribution in [0.25, 0.3) is 0 Å². The number of hydrogen-bond donors (Lipinski definition) is 3.